The molecule has 3 aromatic rings. The van der Waals surface area contributed by atoms with Crippen molar-refractivity contribution in [3.05, 3.63) is 36.3 Å². The molecule has 0 aliphatic heterocycles. The minimum atomic E-state index is 0.452. The molecule has 2 heterocycles. The highest BCUT2D eigenvalue weighted by molar-refractivity contribution is 6.17. The van der Waals surface area contributed by atoms with Gasteiger partial charge in [0, 0.05) is 11.4 Å². The fourth-order valence-corrected chi connectivity index (χ4v) is 3.52. The zero-order valence-electron chi connectivity index (χ0n) is 11.4. The zero-order valence-corrected chi connectivity index (χ0v) is 12.1. The molecular weight excluding hydrogens is 270 g/mol. The first kappa shape index (κ1) is 12.2. The van der Waals surface area contributed by atoms with Crippen molar-refractivity contribution in [2.45, 2.75) is 31.7 Å². The second-order valence-corrected chi connectivity index (χ2v) is 6.04. The van der Waals surface area contributed by atoms with Crippen LogP contribution in [0.15, 0.2) is 30.5 Å². The van der Waals surface area contributed by atoms with Gasteiger partial charge in [-0.3, -0.25) is 4.98 Å². The molecule has 1 fully saturated rings. The molecule has 0 saturated heterocycles. The predicted molar refractivity (Wildman–Crippen MR) is 82.0 cm³/mol. The number of hydrogen-bond donors (Lipinski definition) is 0. The first-order chi connectivity index (χ1) is 9.78. The van der Waals surface area contributed by atoms with Crippen LogP contribution in [0, 0.1) is 5.92 Å². The van der Waals surface area contributed by atoms with Gasteiger partial charge in [-0.05, 0) is 24.8 Å². The van der Waals surface area contributed by atoms with Gasteiger partial charge in [-0.25, -0.2) is 4.98 Å². The summed E-state index contributed by atoms with van der Waals surface area (Å²) in [7, 11) is 0. The van der Waals surface area contributed by atoms with Gasteiger partial charge in [0.25, 0.3) is 0 Å². The third-order valence-electron chi connectivity index (χ3n) is 4.33. The number of alkyl halides is 1. The second-order valence-electron chi connectivity index (χ2n) is 5.77. The van der Waals surface area contributed by atoms with Gasteiger partial charge in [-0.15, -0.1) is 11.6 Å². The topological polar surface area (TPSA) is 30.7 Å². The summed E-state index contributed by atoms with van der Waals surface area (Å²) >= 11 is 6.11. The van der Waals surface area contributed by atoms with Crippen molar-refractivity contribution in [2.24, 2.45) is 5.92 Å². The Labute approximate surface area is 122 Å². The first-order valence-corrected chi connectivity index (χ1v) is 7.62. The number of aromatic nitrogens is 3. The lowest BCUT2D eigenvalue weighted by Crippen LogP contribution is -2.25. The SMILES string of the molecule is CC1CC(n2c(CCl)nc3cnc4ccccc4c32)C1. The van der Waals surface area contributed by atoms with Crippen LogP contribution in [0.4, 0.5) is 0 Å². The Bertz CT molecular complexity index is 787. The lowest BCUT2D eigenvalue weighted by Gasteiger charge is -2.35. The maximum absolute atomic E-state index is 6.11. The maximum Gasteiger partial charge on any atom is 0.125 e. The molecule has 1 aliphatic carbocycles. The van der Waals surface area contributed by atoms with Crippen LogP contribution in [0.25, 0.3) is 21.9 Å². The van der Waals surface area contributed by atoms with Gasteiger partial charge < -0.3 is 4.57 Å². The first-order valence-electron chi connectivity index (χ1n) is 7.08. The zero-order chi connectivity index (χ0) is 13.7. The molecule has 1 saturated carbocycles. The number of para-hydroxylation sites is 1. The van der Waals surface area contributed by atoms with Gasteiger partial charge in [-0.1, -0.05) is 25.1 Å². The van der Waals surface area contributed by atoms with Gasteiger partial charge in [0.15, 0.2) is 0 Å². The Morgan fingerprint density at radius 3 is 2.80 bits per heavy atom. The van der Waals surface area contributed by atoms with E-state index in [4.69, 9.17) is 11.6 Å². The molecule has 20 heavy (non-hydrogen) atoms. The largest absolute Gasteiger partial charge is 0.323 e. The summed E-state index contributed by atoms with van der Waals surface area (Å²) in [4.78, 5) is 9.18. The number of pyridine rings is 1. The van der Waals surface area contributed by atoms with Gasteiger partial charge >= 0.3 is 0 Å². The van der Waals surface area contributed by atoms with Crippen LogP contribution < -0.4 is 0 Å². The number of halogens is 1. The predicted octanol–water partition coefficient (Wildman–Crippen LogP) is 4.29. The summed E-state index contributed by atoms with van der Waals surface area (Å²) in [5.41, 5.74) is 3.18. The highest BCUT2D eigenvalue weighted by Gasteiger charge is 2.30. The summed E-state index contributed by atoms with van der Waals surface area (Å²) in [6, 6.07) is 8.80. The van der Waals surface area contributed by atoms with Crippen LogP contribution >= 0.6 is 11.6 Å². The van der Waals surface area contributed by atoms with E-state index in [2.05, 4.69) is 39.7 Å². The van der Waals surface area contributed by atoms with Gasteiger partial charge in [0.1, 0.15) is 11.3 Å². The summed E-state index contributed by atoms with van der Waals surface area (Å²) in [5.74, 6) is 2.22. The minimum absolute atomic E-state index is 0.452. The minimum Gasteiger partial charge on any atom is -0.323 e. The average Bonchev–Trinajstić information content (AvgIpc) is 2.82. The monoisotopic (exact) mass is 285 g/mol. The van der Waals surface area contributed by atoms with E-state index < -0.39 is 0 Å². The van der Waals surface area contributed by atoms with E-state index in [0.29, 0.717) is 11.9 Å². The third-order valence-corrected chi connectivity index (χ3v) is 4.57. The molecular formula is C16H16ClN3. The number of fused-ring (bicyclic) bond motifs is 3. The van der Waals surface area contributed by atoms with Gasteiger partial charge in [0.05, 0.1) is 23.1 Å². The molecule has 4 heteroatoms. The quantitative estimate of drug-likeness (QED) is 0.658. The van der Waals surface area contributed by atoms with Crippen LogP contribution in [0.5, 0.6) is 0 Å². The Morgan fingerprint density at radius 1 is 1.25 bits per heavy atom. The number of rotatable bonds is 2. The van der Waals surface area contributed by atoms with Crippen LogP contribution in [0.1, 0.15) is 31.6 Å². The maximum atomic E-state index is 6.11. The van der Waals surface area contributed by atoms with Crippen molar-refractivity contribution in [1.29, 1.82) is 0 Å². The van der Waals surface area contributed by atoms with Crippen molar-refractivity contribution in [2.75, 3.05) is 0 Å². The molecule has 102 valence electrons. The number of hydrogen-bond acceptors (Lipinski definition) is 2. The van der Waals surface area contributed by atoms with Crippen molar-refractivity contribution in [1.82, 2.24) is 14.5 Å². The van der Waals surface area contributed by atoms with Gasteiger partial charge in [0.2, 0.25) is 0 Å². The van der Waals surface area contributed by atoms with Crippen LogP contribution in [0.3, 0.4) is 0 Å². The van der Waals surface area contributed by atoms with Gasteiger partial charge in [-0.2, -0.15) is 0 Å². The molecule has 2 aromatic heterocycles. The second kappa shape index (κ2) is 4.45. The highest BCUT2D eigenvalue weighted by atomic mass is 35.5. The average molecular weight is 286 g/mol. The van der Waals surface area contributed by atoms with E-state index in [0.717, 1.165) is 22.8 Å². The van der Waals surface area contributed by atoms with E-state index in [1.165, 1.54) is 23.7 Å². The van der Waals surface area contributed by atoms with Crippen LogP contribution in [-0.4, -0.2) is 14.5 Å². The van der Waals surface area contributed by atoms with Crippen LogP contribution in [0.2, 0.25) is 0 Å². The van der Waals surface area contributed by atoms with E-state index in [-0.39, 0.29) is 0 Å². The number of imidazole rings is 1. The lowest BCUT2D eigenvalue weighted by atomic mass is 9.81. The molecule has 0 atom stereocenters. The Morgan fingerprint density at radius 2 is 2.05 bits per heavy atom. The van der Waals surface area contributed by atoms with E-state index in [1.54, 1.807) is 0 Å². The third kappa shape index (κ3) is 1.66. The van der Waals surface area contributed by atoms with Crippen molar-refractivity contribution < 1.29 is 0 Å². The molecule has 0 bridgehead atoms. The molecule has 1 aromatic carbocycles. The molecule has 4 rings (SSSR count). The van der Waals surface area contributed by atoms with Crippen molar-refractivity contribution >= 4 is 33.5 Å². The molecule has 0 amide bonds. The van der Waals surface area contributed by atoms with Crippen LogP contribution in [-0.2, 0) is 5.88 Å². The highest BCUT2D eigenvalue weighted by Crippen LogP contribution is 2.41. The molecule has 1 aliphatic rings. The number of nitrogens with zero attached hydrogens (tertiary/aromatic N) is 3. The lowest BCUT2D eigenvalue weighted by molar-refractivity contribution is 0.218. The number of benzene rings is 1. The summed E-state index contributed by atoms with van der Waals surface area (Å²) < 4.78 is 2.35. The van der Waals surface area contributed by atoms with E-state index in [1.807, 2.05) is 12.3 Å². The van der Waals surface area contributed by atoms with Crippen molar-refractivity contribution in [3.8, 4) is 0 Å². The summed E-state index contributed by atoms with van der Waals surface area (Å²) in [5, 5.41) is 1.17. The summed E-state index contributed by atoms with van der Waals surface area (Å²) in [6.45, 7) is 2.30. The normalized spacial score (nSPS) is 22.3. The van der Waals surface area contributed by atoms with E-state index in [9.17, 15) is 0 Å². The fourth-order valence-electron chi connectivity index (χ4n) is 3.33. The molecule has 3 nitrogen and oxygen atoms in total. The Hall–Kier alpha value is -1.61. The standard InChI is InChI=1S/C16H16ClN3/c1-10-6-11(7-10)20-15(8-17)19-14-9-18-13-5-3-2-4-12(13)16(14)20/h2-5,9-11H,6-8H2,1H3. The smallest absolute Gasteiger partial charge is 0.125 e. The molecule has 0 unspecified atom stereocenters. The Balaban J connectivity index is 2.05. The summed E-state index contributed by atoms with van der Waals surface area (Å²) in [6.07, 6.45) is 4.30. The molecule has 0 radical (unpaired) electrons. The molecule has 0 spiro atoms. The Kier molecular flexibility index (Phi) is 2.71. The van der Waals surface area contributed by atoms with E-state index >= 15 is 0 Å². The van der Waals surface area contributed by atoms with Crippen molar-refractivity contribution in [3.63, 3.8) is 0 Å². The fraction of sp³-hybridized carbons (Fsp3) is 0.375. The molecule has 0 N–H and O–H groups in total.